The molecule has 1 N–H and O–H groups in total. The quantitative estimate of drug-likeness (QED) is 0.777. The second-order valence-electron chi connectivity index (χ2n) is 3.74. The molecule has 1 atom stereocenters. The summed E-state index contributed by atoms with van der Waals surface area (Å²) in [7, 11) is 0. The molecule has 0 aliphatic heterocycles. The first kappa shape index (κ1) is 10.2. The van der Waals surface area contributed by atoms with Crippen molar-refractivity contribution in [3.63, 3.8) is 0 Å². The van der Waals surface area contributed by atoms with E-state index in [4.69, 9.17) is 0 Å². The van der Waals surface area contributed by atoms with Crippen molar-refractivity contribution in [1.82, 2.24) is 0 Å². The van der Waals surface area contributed by atoms with E-state index in [1.54, 1.807) is 0 Å². The highest BCUT2D eigenvalue weighted by Gasteiger charge is 2.36. The van der Waals surface area contributed by atoms with E-state index in [9.17, 15) is 18.7 Å². The predicted octanol–water partition coefficient (Wildman–Crippen LogP) is 1.92. The molecule has 4 heteroatoms. The van der Waals surface area contributed by atoms with Crippen LogP contribution in [-0.4, -0.2) is 17.0 Å². The molecule has 1 aromatic carbocycles. The van der Waals surface area contributed by atoms with Gasteiger partial charge in [-0.15, -0.1) is 0 Å². The van der Waals surface area contributed by atoms with Gasteiger partial charge in [0, 0.05) is 0 Å². The van der Waals surface area contributed by atoms with E-state index in [0.717, 1.165) is 25.0 Å². The molecule has 0 aromatic heterocycles. The maximum absolute atomic E-state index is 13.2. The van der Waals surface area contributed by atoms with Gasteiger partial charge in [0.2, 0.25) is 0 Å². The molecule has 2 rings (SSSR count). The van der Waals surface area contributed by atoms with Crippen LogP contribution in [0.1, 0.15) is 23.2 Å². The Bertz CT molecular complexity index is 379. The van der Waals surface area contributed by atoms with Gasteiger partial charge in [-0.25, -0.2) is 8.78 Å². The van der Waals surface area contributed by atoms with Gasteiger partial charge in [-0.3, -0.25) is 4.79 Å². The first-order chi connectivity index (χ1) is 7.11. The van der Waals surface area contributed by atoms with E-state index >= 15 is 0 Å². The molecule has 0 amide bonds. The van der Waals surface area contributed by atoms with Crippen LogP contribution < -0.4 is 0 Å². The van der Waals surface area contributed by atoms with Crippen LogP contribution in [0.4, 0.5) is 8.78 Å². The van der Waals surface area contributed by atoms with Gasteiger partial charge in [-0.1, -0.05) is 6.07 Å². The van der Waals surface area contributed by atoms with E-state index in [2.05, 4.69) is 0 Å². The molecule has 0 spiro atoms. The summed E-state index contributed by atoms with van der Waals surface area (Å²) in [6.07, 6.45) is 0.211. The molecular weight excluding hydrogens is 202 g/mol. The molecule has 1 fully saturated rings. The van der Waals surface area contributed by atoms with Crippen LogP contribution in [0.25, 0.3) is 0 Å². The number of carbonyl (C=O) groups is 1. The summed E-state index contributed by atoms with van der Waals surface area (Å²) in [5.41, 5.74) is -0.628. The van der Waals surface area contributed by atoms with Gasteiger partial charge in [0.25, 0.3) is 0 Å². The van der Waals surface area contributed by atoms with Crippen LogP contribution in [0.3, 0.4) is 0 Å². The van der Waals surface area contributed by atoms with Crippen molar-refractivity contribution in [2.24, 2.45) is 5.92 Å². The summed E-state index contributed by atoms with van der Waals surface area (Å²) in [6, 6.07) is 3.21. The summed E-state index contributed by atoms with van der Waals surface area (Å²) in [6.45, 7) is 0. The number of aliphatic hydroxyl groups excluding tert-OH is 1. The van der Waals surface area contributed by atoms with Crippen LogP contribution in [0.5, 0.6) is 0 Å². The van der Waals surface area contributed by atoms with E-state index in [0.29, 0.717) is 0 Å². The largest absolute Gasteiger partial charge is 0.385 e. The molecule has 0 saturated heterocycles. The Morgan fingerprint density at radius 1 is 1.33 bits per heavy atom. The van der Waals surface area contributed by atoms with Gasteiger partial charge < -0.3 is 5.11 Å². The highest BCUT2D eigenvalue weighted by molar-refractivity contribution is 6.00. The molecule has 2 nitrogen and oxygen atoms in total. The number of carbonyl (C=O) groups excluding carboxylic acids is 1. The van der Waals surface area contributed by atoms with Crippen molar-refractivity contribution < 1.29 is 18.7 Å². The normalized spacial score (nSPS) is 17.5. The number of Topliss-reactive ketones (excluding diaryl/α,β-unsaturated/α-hetero) is 1. The lowest BCUT2D eigenvalue weighted by Gasteiger charge is -2.09. The average molecular weight is 212 g/mol. The molecule has 15 heavy (non-hydrogen) atoms. The number of hydrogen-bond donors (Lipinski definition) is 1. The molecular formula is C11H10F2O2. The summed E-state index contributed by atoms with van der Waals surface area (Å²) in [5, 5.41) is 9.48. The van der Waals surface area contributed by atoms with E-state index in [-0.39, 0.29) is 5.92 Å². The zero-order valence-corrected chi connectivity index (χ0v) is 7.91. The first-order valence-electron chi connectivity index (χ1n) is 4.77. The van der Waals surface area contributed by atoms with Gasteiger partial charge in [-0.05, 0) is 30.9 Å². The number of ketones is 1. The lowest BCUT2D eigenvalue weighted by molar-refractivity contribution is 0.0694. The molecule has 1 unspecified atom stereocenters. The number of aliphatic hydroxyl groups is 1. The molecule has 80 valence electrons. The van der Waals surface area contributed by atoms with Gasteiger partial charge in [0.1, 0.15) is 17.7 Å². The third kappa shape index (κ3) is 1.90. The maximum Gasteiger partial charge on any atom is 0.197 e. The van der Waals surface area contributed by atoms with Crippen molar-refractivity contribution in [3.8, 4) is 0 Å². The summed E-state index contributed by atoms with van der Waals surface area (Å²) >= 11 is 0. The highest BCUT2D eigenvalue weighted by Crippen LogP contribution is 2.34. The average Bonchev–Trinajstić information content (AvgIpc) is 2.99. The fourth-order valence-corrected chi connectivity index (χ4v) is 1.51. The van der Waals surface area contributed by atoms with E-state index < -0.39 is 29.1 Å². The molecule has 1 aromatic rings. The monoisotopic (exact) mass is 212 g/mol. The van der Waals surface area contributed by atoms with Crippen molar-refractivity contribution in [2.75, 3.05) is 0 Å². The van der Waals surface area contributed by atoms with Crippen LogP contribution in [0.15, 0.2) is 18.2 Å². The Morgan fingerprint density at radius 3 is 2.33 bits per heavy atom. The van der Waals surface area contributed by atoms with Crippen molar-refractivity contribution in [1.29, 1.82) is 0 Å². The minimum Gasteiger partial charge on any atom is -0.385 e. The van der Waals surface area contributed by atoms with Crippen LogP contribution in [0, 0.1) is 17.6 Å². The molecule has 1 aliphatic carbocycles. The Morgan fingerprint density at radius 2 is 1.87 bits per heavy atom. The Hall–Kier alpha value is -1.29. The van der Waals surface area contributed by atoms with Crippen LogP contribution >= 0.6 is 0 Å². The van der Waals surface area contributed by atoms with Gasteiger partial charge in [0.15, 0.2) is 5.78 Å². The number of halogens is 2. The molecule has 0 heterocycles. The third-order valence-corrected chi connectivity index (χ3v) is 2.55. The Balaban J connectivity index is 2.31. The van der Waals surface area contributed by atoms with Crippen molar-refractivity contribution >= 4 is 5.78 Å². The van der Waals surface area contributed by atoms with Gasteiger partial charge >= 0.3 is 0 Å². The molecule has 1 aliphatic rings. The SMILES string of the molecule is O=C(c1c(F)cccc1F)C(O)C1CC1. The molecule has 1 saturated carbocycles. The third-order valence-electron chi connectivity index (χ3n) is 2.55. The lowest BCUT2D eigenvalue weighted by atomic mass is 10.0. The maximum atomic E-state index is 13.2. The second kappa shape index (κ2) is 3.70. The first-order valence-corrected chi connectivity index (χ1v) is 4.77. The molecule has 0 bridgehead atoms. The smallest absolute Gasteiger partial charge is 0.197 e. The number of benzene rings is 1. The zero-order valence-electron chi connectivity index (χ0n) is 7.91. The highest BCUT2D eigenvalue weighted by atomic mass is 19.1. The van der Waals surface area contributed by atoms with E-state index in [1.165, 1.54) is 6.07 Å². The predicted molar refractivity (Wildman–Crippen MR) is 49.4 cm³/mol. The summed E-state index contributed by atoms with van der Waals surface area (Å²) in [4.78, 5) is 11.5. The standard InChI is InChI=1S/C11H10F2O2/c12-7-2-1-3-8(13)9(7)11(15)10(14)6-4-5-6/h1-3,6,10,14H,4-5H2. The minimum atomic E-state index is -1.27. The Labute approximate surface area is 85.5 Å². The second-order valence-corrected chi connectivity index (χ2v) is 3.74. The summed E-state index contributed by atoms with van der Waals surface area (Å²) < 4.78 is 26.3. The van der Waals surface area contributed by atoms with Crippen molar-refractivity contribution in [2.45, 2.75) is 18.9 Å². The van der Waals surface area contributed by atoms with Gasteiger partial charge in [-0.2, -0.15) is 0 Å². The summed E-state index contributed by atoms with van der Waals surface area (Å²) in [5.74, 6) is -2.82. The fraction of sp³-hybridized carbons (Fsp3) is 0.364. The van der Waals surface area contributed by atoms with E-state index in [1.807, 2.05) is 0 Å². The Kier molecular flexibility index (Phi) is 2.52. The van der Waals surface area contributed by atoms with Crippen LogP contribution in [-0.2, 0) is 0 Å². The lowest BCUT2D eigenvalue weighted by Crippen LogP contribution is -2.24. The number of rotatable bonds is 3. The van der Waals surface area contributed by atoms with Crippen LogP contribution in [0.2, 0.25) is 0 Å². The minimum absolute atomic E-state index is 0.128. The fourth-order valence-electron chi connectivity index (χ4n) is 1.51. The van der Waals surface area contributed by atoms with Crippen molar-refractivity contribution in [3.05, 3.63) is 35.4 Å². The topological polar surface area (TPSA) is 37.3 Å². The number of hydrogen-bond acceptors (Lipinski definition) is 2. The molecule has 0 radical (unpaired) electrons. The van der Waals surface area contributed by atoms with Gasteiger partial charge in [0.05, 0.1) is 5.56 Å². The zero-order chi connectivity index (χ0) is 11.0.